The quantitative estimate of drug-likeness (QED) is 0.584. The Labute approximate surface area is 88.5 Å². The van der Waals surface area contributed by atoms with Gasteiger partial charge in [0.1, 0.15) is 0 Å². The van der Waals surface area contributed by atoms with E-state index in [4.69, 9.17) is 5.73 Å². The smallest absolute Gasteiger partial charge is 0.269 e. The van der Waals surface area contributed by atoms with E-state index in [1.54, 1.807) is 26.0 Å². The molecule has 0 fully saturated rings. The van der Waals surface area contributed by atoms with E-state index in [0.717, 1.165) is 5.71 Å². The molecule has 0 heterocycles. The standard InChI is InChI=1S/C11H13N3O/c1-8(2)13-14-10(11(12)15)9-6-4-3-5-7-9/h3-7H,1-2H3,(H2,12,15)/b14-10-. The van der Waals surface area contributed by atoms with E-state index < -0.39 is 5.91 Å². The Bertz CT molecular complexity index is 403. The molecule has 0 spiro atoms. The molecule has 2 N–H and O–H groups in total. The molecule has 0 bridgehead atoms. The molecule has 0 aliphatic rings. The first kappa shape index (κ1) is 11.1. The zero-order valence-electron chi connectivity index (χ0n) is 8.77. The van der Waals surface area contributed by atoms with Crippen molar-refractivity contribution < 1.29 is 4.79 Å². The maximum Gasteiger partial charge on any atom is 0.269 e. The normalized spacial score (nSPS) is 10.9. The fourth-order valence-corrected chi connectivity index (χ4v) is 0.995. The molecule has 0 saturated carbocycles. The minimum Gasteiger partial charge on any atom is -0.364 e. The highest BCUT2D eigenvalue weighted by Crippen LogP contribution is 2.01. The van der Waals surface area contributed by atoms with Gasteiger partial charge in [-0.25, -0.2) is 0 Å². The summed E-state index contributed by atoms with van der Waals surface area (Å²) in [6, 6.07) is 9.03. The number of hydrogen-bond donors (Lipinski definition) is 1. The molecule has 4 heteroatoms. The summed E-state index contributed by atoms with van der Waals surface area (Å²) >= 11 is 0. The van der Waals surface area contributed by atoms with E-state index in [9.17, 15) is 4.79 Å². The van der Waals surface area contributed by atoms with Gasteiger partial charge >= 0.3 is 0 Å². The van der Waals surface area contributed by atoms with E-state index in [1.807, 2.05) is 18.2 Å². The summed E-state index contributed by atoms with van der Waals surface area (Å²) < 4.78 is 0. The second-order valence-electron chi connectivity index (χ2n) is 3.23. The lowest BCUT2D eigenvalue weighted by atomic mass is 10.1. The Kier molecular flexibility index (Phi) is 3.74. The first-order valence-electron chi connectivity index (χ1n) is 4.55. The SMILES string of the molecule is CC(C)=N/N=C(\C(N)=O)c1ccccc1. The third-order valence-electron chi connectivity index (χ3n) is 1.63. The van der Waals surface area contributed by atoms with Gasteiger partial charge in [0.05, 0.1) is 0 Å². The van der Waals surface area contributed by atoms with E-state index in [2.05, 4.69) is 10.2 Å². The van der Waals surface area contributed by atoms with Crippen LogP contribution >= 0.6 is 0 Å². The lowest BCUT2D eigenvalue weighted by Crippen LogP contribution is -2.24. The average Bonchev–Trinajstić information content (AvgIpc) is 2.18. The molecule has 78 valence electrons. The highest BCUT2D eigenvalue weighted by Gasteiger charge is 2.09. The Morgan fingerprint density at radius 3 is 2.20 bits per heavy atom. The van der Waals surface area contributed by atoms with Crippen LogP contribution < -0.4 is 5.73 Å². The molecule has 0 aliphatic heterocycles. The zero-order valence-corrected chi connectivity index (χ0v) is 8.77. The average molecular weight is 203 g/mol. The van der Waals surface area contributed by atoms with Gasteiger partial charge in [-0.3, -0.25) is 4.79 Å². The fraction of sp³-hybridized carbons (Fsp3) is 0.182. The summed E-state index contributed by atoms with van der Waals surface area (Å²) in [5.41, 5.74) is 6.84. The summed E-state index contributed by atoms with van der Waals surface area (Å²) in [5.74, 6) is -0.578. The number of primary amides is 1. The summed E-state index contributed by atoms with van der Waals surface area (Å²) in [4.78, 5) is 11.1. The molecule has 1 amide bonds. The van der Waals surface area contributed by atoms with Crippen molar-refractivity contribution >= 4 is 17.3 Å². The predicted molar refractivity (Wildman–Crippen MR) is 61.0 cm³/mol. The topological polar surface area (TPSA) is 67.8 Å². The van der Waals surface area contributed by atoms with Crippen molar-refractivity contribution in [2.75, 3.05) is 0 Å². The van der Waals surface area contributed by atoms with Crippen LogP contribution in [0.25, 0.3) is 0 Å². The van der Waals surface area contributed by atoms with Gasteiger partial charge in [-0.15, -0.1) is 5.10 Å². The van der Waals surface area contributed by atoms with Crippen molar-refractivity contribution in [1.82, 2.24) is 0 Å². The van der Waals surface area contributed by atoms with Gasteiger partial charge in [0.2, 0.25) is 0 Å². The third kappa shape index (κ3) is 3.34. The van der Waals surface area contributed by atoms with E-state index in [0.29, 0.717) is 5.56 Å². The van der Waals surface area contributed by atoms with Crippen molar-refractivity contribution in [2.45, 2.75) is 13.8 Å². The Balaban J connectivity index is 3.10. The number of nitrogens with two attached hydrogens (primary N) is 1. The van der Waals surface area contributed by atoms with Crippen LogP contribution in [0, 0.1) is 0 Å². The van der Waals surface area contributed by atoms with Gasteiger partial charge in [0, 0.05) is 11.3 Å². The van der Waals surface area contributed by atoms with Crippen molar-refractivity contribution in [1.29, 1.82) is 0 Å². The molecule has 1 rings (SSSR count). The highest BCUT2D eigenvalue weighted by molar-refractivity contribution is 6.44. The number of nitrogens with zero attached hydrogens (tertiary/aromatic N) is 2. The third-order valence-corrected chi connectivity index (χ3v) is 1.63. The van der Waals surface area contributed by atoms with Crippen LogP contribution in [0.4, 0.5) is 0 Å². The summed E-state index contributed by atoms with van der Waals surface area (Å²) in [6.07, 6.45) is 0. The fourth-order valence-electron chi connectivity index (χ4n) is 0.995. The van der Waals surface area contributed by atoms with Crippen LogP contribution in [0.1, 0.15) is 19.4 Å². The molecule has 1 aromatic carbocycles. The van der Waals surface area contributed by atoms with Crippen molar-refractivity contribution in [3.05, 3.63) is 35.9 Å². The Morgan fingerprint density at radius 2 is 1.73 bits per heavy atom. The lowest BCUT2D eigenvalue weighted by Gasteiger charge is -1.99. The summed E-state index contributed by atoms with van der Waals surface area (Å²) in [7, 11) is 0. The van der Waals surface area contributed by atoms with Crippen molar-refractivity contribution in [3.8, 4) is 0 Å². The van der Waals surface area contributed by atoms with Crippen molar-refractivity contribution in [3.63, 3.8) is 0 Å². The predicted octanol–water partition coefficient (Wildman–Crippen LogP) is 1.36. The molecule has 15 heavy (non-hydrogen) atoms. The number of amides is 1. The molecule has 0 radical (unpaired) electrons. The van der Waals surface area contributed by atoms with Gasteiger partial charge in [-0.05, 0) is 13.8 Å². The number of hydrogen-bond acceptors (Lipinski definition) is 3. The van der Waals surface area contributed by atoms with Gasteiger partial charge in [0.25, 0.3) is 5.91 Å². The molecule has 0 aromatic heterocycles. The highest BCUT2D eigenvalue weighted by atomic mass is 16.1. The van der Waals surface area contributed by atoms with Crippen molar-refractivity contribution in [2.24, 2.45) is 15.9 Å². The van der Waals surface area contributed by atoms with Crippen LogP contribution in [0.2, 0.25) is 0 Å². The first-order chi connectivity index (χ1) is 7.11. The number of carbonyl (C=O) groups excluding carboxylic acids is 1. The minimum atomic E-state index is -0.578. The van der Waals surface area contributed by atoms with Gasteiger partial charge < -0.3 is 5.73 Å². The molecule has 0 saturated heterocycles. The molecule has 0 atom stereocenters. The first-order valence-corrected chi connectivity index (χ1v) is 4.55. The van der Waals surface area contributed by atoms with Gasteiger partial charge in [0.15, 0.2) is 5.71 Å². The largest absolute Gasteiger partial charge is 0.364 e. The summed E-state index contributed by atoms with van der Waals surface area (Å²) in [6.45, 7) is 3.60. The summed E-state index contributed by atoms with van der Waals surface area (Å²) in [5, 5.41) is 7.65. The van der Waals surface area contributed by atoms with Crippen LogP contribution in [-0.4, -0.2) is 17.3 Å². The number of carbonyl (C=O) groups is 1. The van der Waals surface area contributed by atoms with E-state index in [1.165, 1.54) is 0 Å². The monoisotopic (exact) mass is 203 g/mol. The van der Waals surface area contributed by atoms with Crippen LogP contribution in [0.5, 0.6) is 0 Å². The van der Waals surface area contributed by atoms with Gasteiger partial charge in [-0.2, -0.15) is 5.10 Å². The van der Waals surface area contributed by atoms with E-state index in [-0.39, 0.29) is 5.71 Å². The number of rotatable bonds is 3. The molecule has 0 unspecified atom stereocenters. The maximum atomic E-state index is 11.1. The Hall–Kier alpha value is -1.97. The molecular weight excluding hydrogens is 190 g/mol. The number of benzene rings is 1. The molecule has 1 aromatic rings. The lowest BCUT2D eigenvalue weighted by molar-refractivity contribution is -0.111. The van der Waals surface area contributed by atoms with Gasteiger partial charge in [-0.1, -0.05) is 30.3 Å². The maximum absolute atomic E-state index is 11.1. The molecule has 4 nitrogen and oxygen atoms in total. The van der Waals surface area contributed by atoms with Crippen LogP contribution in [-0.2, 0) is 4.79 Å². The minimum absolute atomic E-state index is 0.178. The second-order valence-corrected chi connectivity index (χ2v) is 3.23. The molecular formula is C11H13N3O. The van der Waals surface area contributed by atoms with E-state index >= 15 is 0 Å². The Morgan fingerprint density at radius 1 is 1.13 bits per heavy atom. The van der Waals surface area contributed by atoms with Crippen LogP contribution in [0.3, 0.4) is 0 Å². The van der Waals surface area contributed by atoms with Crippen LogP contribution in [0.15, 0.2) is 40.5 Å². The molecule has 0 aliphatic carbocycles. The second kappa shape index (κ2) is 5.05. The zero-order chi connectivity index (χ0) is 11.3.